The van der Waals surface area contributed by atoms with Crippen LogP contribution < -0.4 is 16.0 Å². The molecule has 1 aliphatic rings. The second kappa shape index (κ2) is 5.85. The van der Waals surface area contributed by atoms with Gasteiger partial charge in [0.1, 0.15) is 4.88 Å². The smallest absolute Gasteiger partial charge is 0.263 e. The Hall–Kier alpha value is -1.18. The van der Waals surface area contributed by atoms with Crippen molar-refractivity contribution in [1.29, 1.82) is 0 Å². The van der Waals surface area contributed by atoms with E-state index in [-0.39, 0.29) is 12.5 Å². The molecule has 1 saturated heterocycles. The van der Waals surface area contributed by atoms with Crippen molar-refractivity contribution in [3.05, 3.63) is 10.6 Å². The molecule has 0 aliphatic carbocycles. The summed E-state index contributed by atoms with van der Waals surface area (Å²) in [7, 11) is 0. The molecule has 2 heterocycles. The predicted molar refractivity (Wildman–Crippen MR) is 75.8 cm³/mol. The Kier molecular flexibility index (Phi) is 4.38. The average molecular weight is 284 g/mol. The van der Waals surface area contributed by atoms with E-state index in [0.717, 1.165) is 23.9 Å². The van der Waals surface area contributed by atoms with E-state index in [1.165, 1.54) is 11.3 Å². The Morgan fingerprint density at radius 3 is 3.05 bits per heavy atom. The molecule has 0 bridgehead atoms. The molecule has 0 aromatic carbocycles. The van der Waals surface area contributed by atoms with Gasteiger partial charge in [-0.2, -0.15) is 0 Å². The van der Waals surface area contributed by atoms with Gasteiger partial charge in [-0.1, -0.05) is 11.3 Å². The number of hydrogen-bond donors (Lipinski definition) is 4. The number of thiazole rings is 1. The van der Waals surface area contributed by atoms with Gasteiger partial charge in [0.2, 0.25) is 0 Å². The topological polar surface area (TPSA) is 86.3 Å². The van der Waals surface area contributed by atoms with Gasteiger partial charge in [-0.3, -0.25) is 4.79 Å². The monoisotopic (exact) mass is 284 g/mol. The van der Waals surface area contributed by atoms with Crippen molar-refractivity contribution >= 4 is 22.4 Å². The van der Waals surface area contributed by atoms with E-state index in [4.69, 9.17) is 0 Å². The number of aromatic nitrogens is 1. The summed E-state index contributed by atoms with van der Waals surface area (Å²) < 4.78 is 0. The van der Waals surface area contributed by atoms with Crippen LogP contribution in [0.2, 0.25) is 0 Å². The summed E-state index contributed by atoms with van der Waals surface area (Å²) in [6.07, 6.45) is 0.664. The van der Waals surface area contributed by atoms with Crippen LogP contribution in [0.3, 0.4) is 0 Å². The van der Waals surface area contributed by atoms with Crippen LogP contribution in [-0.4, -0.2) is 47.8 Å². The normalized spacial score (nSPS) is 22.5. The molecule has 1 aromatic heterocycles. The molecular weight excluding hydrogens is 264 g/mol. The van der Waals surface area contributed by atoms with Crippen molar-refractivity contribution in [3.63, 3.8) is 0 Å². The van der Waals surface area contributed by atoms with Gasteiger partial charge < -0.3 is 21.1 Å². The summed E-state index contributed by atoms with van der Waals surface area (Å²) in [4.78, 5) is 17.0. The molecule has 0 spiro atoms. The molecule has 4 N–H and O–H groups in total. The maximum absolute atomic E-state index is 12.1. The molecule has 1 aromatic rings. The van der Waals surface area contributed by atoms with E-state index >= 15 is 0 Å². The lowest BCUT2D eigenvalue weighted by Gasteiger charge is -2.21. The molecule has 1 amide bonds. The van der Waals surface area contributed by atoms with E-state index < -0.39 is 5.60 Å². The van der Waals surface area contributed by atoms with Crippen LogP contribution in [0, 0.1) is 6.92 Å². The molecule has 6 nitrogen and oxygen atoms in total. The quantitative estimate of drug-likeness (QED) is 0.626. The van der Waals surface area contributed by atoms with Crippen molar-refractivity contribution in [1.82, 2.24) is 15.6 Å². The number of aliphatic hydroxyl groups is 1. The van der Waals surface area contributed by atoms with Gasteiger partial charge in [-0.05, 0) is 26.8 Å². The van der Waals surface area contributed by atoms with Gasteiger partial charge in [0.25, 0.3) is 5.91 Å². The Morgan fingerprint density at radius 2 is 2.42 bits per heavy atom. The van der Waals surface area contributed by atoms with Crippen LogP contribution in [0.25, 0.3) is 0 Å². The number of nitrogens with zero attached hydrogens (tertiary/aromatic N) is 1. The van der Waals surface area contributed by atoms with Crippen LogP contribution in [0.15, 0.2) is 0 Å². The summed E-state index contributed by atoms with van der Waals surface area (Å²) in [6, 6.07) is 0. The summed E-state index contributed by atoms with van der Waals surface area (Å²) in [5.74, 6) is -0.167. The number of carbonyl (C=O) groups is 1. The third-order valence-corrected chi connectivity index (χ3v) is 4.24. The highest BCUT2D eigenvalue weighted by atomic mass is 32.1. The van der Waals surface area contributed by atoms with Crippen LogP contribution in [0.4, 0.5) is 5.13 Å². The van der Waals surface area contributed by atoms with Gasteiger partial charge in [-0.15, -0.1) is 0 Å². The third kappa shape index (κ3) is 3.43. The summed E-state index contributed by atoms with van der Waals surface area (Å²) >= 11 is 1.34. The molecule has 1 unspecified atom stereocenters. The minimum atomic E-state index is -0.821. The first kappa shape index (κ1) is 14.2. The highest BCUT2D eigenvalue weighted by Crippen LogP contribution is 2.22. The van der Waals surface area contributed by atoms with E-state index in [9.17, 15) is 9.90 Å². The lowest BCUT2D eigenvalue weighted by Crippen LogP contribution is -2.44. The SMILES string of the molecule is CCNc1nc(C)c(C(=O)NCC2(O)CCNC2)s1. The summed E-state index contributed by atoms with van der Waals surface area (Å²) in [6.45, 7) is 6.16. The van der Waals surface area contributed by atoms with Gasteiger partial charge >= 0.3 is 0 Å². The highest BCUT2D eigenvalue weighted by Gasteiger charge is 2.31. The van der Waals surface area contributed by atoms with E-state index in [2.05, 4.69) is 20.9 Å². The zero-order valence-corrected chi connectivity index (χ0v) is 12.1. The van der Waals surface area contributed by atoms with Gasteiger partial charge in [0.05, 0.1) is 11.3 Å². The van der Waals surface area contributed by atoms with Crippen molar-refractivity contribution in [2.45, 2.75) is 25.9 Å². The van der Waals surface area contributed by atoms with E-state index in [0.29, 0.717) is 17.8 Å². The van der Waals surface area contributed by atoms with Crippen LogP contribution in [0.1, 0.15) is 28.7 Å². The fourth-order valence-electron chi connectivity index (χ4n) is 2.04. The van der Waals surface area contributed by atoms with Gasteiger partial charge in [0, 0.05) is 19.6 Å². The van der Waals surface area contributed by atoms with E-state index in [1.54, 1.807) is 0 Å². The van der Waals surface area contributed by atoms with Crippen LogP contribution in [-0.2, 0) is 0 Å². The Bertz CT molecular complexity index is 455. The first-order chi connectivity index (χ1) is 9.04. The molecular formula is C12H20N4O2S. The minimum Gasteiger partial charge on any atom is -0.387 e. The minimum absolute atomic E-state index is 0.167. The maximum atomic E-state index is 12.1. The molecule has 2 rings (SSSR count). The number of rotatable bonds is 5. The number of carbonyl (C=O) groups excluding carboxylic acids is 1. The third-order valence-electron chi connectivity index (χ3n) is 3.13. The van der Waals surface area contributed by atoms with Crippen molar-refractivity contribution < 1.29 is 9.90 Å². The molecule has 7 heteroatoms. The Balaban J connectivity index is 1.95. The average Bonchev–Trinajstić information content (AvgIpc) is 2.94. The first-order valence-electron chi connectivity index (χ1n) is 6.47. The number of anilines is 1. The standard InChI is InChI=1S/C12H20N4O2S/c1-3-14-11-16-8(2)9(19-11)10(17)15-7-12(18)4-5-13-6-12/h13,18H,3-7H2,1-2H3,(H,14,16)(H,15,17). The molecule has 0 radical (unpaired) electrons. The number of nitrogens with one attached hydrogen (secondary N) is 3. The molecule has 1 fully saturated rings. The van der Waals surface area contributed by atoms with Gasteiger partial charge in [-0.25, -0.2) is 4.98 Å². The number of aryl methyl sites for hydroxylation is 1. The fourth-order valence-corrected chi connectivity index (χ4v) is 2.99. The van der Waals surface area contributed by atoms with Crippen molar-refractivity contribution in [2.75, 3.05) is 31.5 Å². The predicted octanol–water partition coefficient (Wildman–Crippen LogP) is 0.338. The Morgan fingerprint density at radius 1 is 1.63 bits per heavy atom. The second-order valence-corrected chi connectivity index (χ2v) is 5.80. The zero-order valence-electron chi connectivity index (χ0n) is 11.2. The van der Waals surface area contributed by atoms with Crippen LogP contribution >= 0.6 is 11.3 Å². The zero-order chi connectivity index (χ0) is 13.9. The van der Waals surface area contributed by atoms with Crippen LogP contribution in [0.5, 0.6) is 0 Å². The number of β-amino-alcohol motifs (C(OH)–C–C–N with tert-alkyl or cyclic N) is 1. The largest absolute Gasteiger partial charge is 0.387 e. The molecule has 1 aliphatic heterocycles. The molecule has 0 saturated carbocycles. The molecule has 19 heavy (non-hydrogen) atoms. The second-order valence-electron chi connectivity index (χ2n) is 4.80. The summed E-state index contributed by atoms with van der Waals surface area (Å²) in [5.41, 5.74) is -0.103. The lowest BCUT2D eigenvalue weighted by molar-refractivity contribution is 0.0563. The number of amides is 1. The van der Waals surface area contributed by atoms with Crippen molar-refractivity contribution in [2.24, 2.45) is 0 Å². The fraction of sp³-hybridized carbons (Fsp3) is 0.667. The first-order valence-corrected chi connectivity index (χ1v) is 7.28. The lowest BCUT2D eigenvalue weighted by atomic mass is 10.0. The summed E-state index contributed by atoms with van der Waals surface area (Å²) in [5, 5.41) is 19.9. The number of hydrogen-bond acceptors (Lipinski definition) is 6. The highest BCUT2D eigenvalue weighted by molar-refractivity contribution is 7.17. The van der Waals surface area contributed by atoms with Gasteiger partial charge in [0.15, 0.2) is 5.13 Å². The van der Waals surface area contributed by atoms with E-state index in [1.807, 2.05) is 13.8 Å². The Labute approximate surface area is 116 Å². The maximum Gasteiger partial charge on any atom is 0.263 e. The molecule has 106 valence electrons. The molecule has 1 atom stereocenters. The van der Waals surface area contributed by atoms with Crippen molar-refractivity contribution in [3.8, 4) is 0 Å².